The van der Waals surface area contributed by atoms with Gasteiger partial charge < -0.3 is 0 Å². The summed E-state index contributed by atoms with van der Waals surface area (Å²) in [5.74, 6) is 0. The Morgan fingerprint density at radius 2 is 1.15 bits per heavy atom. The van der Waals surface area contributed by atoms with Crippen molar-refractivity contribution in [3.63, 3.8) is 0 Å². The number of rotatable bonds is 1. The van der Waals surface area contributed by atoms with Gasteiger partial charge in [-0.15, -0.1) is 0 Å². The van der Waals surface area contributed by atoms with Crippen molar-refractivity contribution in [2.75, 3.05) is 0 Å². The molecule has 26 heavy (non-hydrogen) atoms. The van der Waals surface area contributed by atoms with Crippen molar-refractivity contribution in [3.05, 3.63) is 96.1 Å². The van der Waals surface area contributed by atoms with Crippen LogP contribution >= 0.6 is 0 Å². The average Bonchev–Trinajstić information content (AvgIpc) is 2.89. The second-order valence-corrected chi connectivity index (χ2v) is 7.49. The standard InChI is InChI=1S/C25H20.CH4/c1-25(2)23-10-6-5-9-21(23)22-14-13-20(16-24(22)25)19-12-11-17-7-3-4-8-18(17)15-19;/h3-16H,1-2H3;1H4. The van der Waals surface area contributed by atoms with E-state index in [2.05, 4.69) is 98.8 Å². The van der Waals surface area contributed by atoms with Gasteiger partial charge in [-0.1, -0.05) is 94.1 Å². The molecule has 0 N–H and O–H groups in total. The average molecular weight is 336 g/mol. The summed E-state index contributed by atoms with van der Waals surface area (Å²) in [6.07, 6.45) is 0. The van der Waals surface area contributed by atoms with E-state index in [4.69, 9.17) is 0 Å². The molecule has 0 nitrogen and oxygen atoms in total. The minimum absolute atomic E-state index is 0. The fourth-order valence-corrected chi connectivity index (χ4v) is 4.25. The van der Waals surface area contributed by atoms with E-state index < -0.39 is 0 Å². The van der Waals surface area contributed by atoms with Gasteiger partial charge in [0, 0.05) is 5.41 Å². The van der Waals surface area contributed by atoms with Crippen LogP contribution in [0, 0.1) is 0 Å². The Kier molecular flexibility index (Phi) is 3.73. The van der Waals surface area contributed by atoms with Gasteiger partial charge in [-0.3, -0.25) is 0 Å². The van der Waals surface area contributed by atoms with Gasteiger partial charge in [0.25, 0.3) is 0 Å². The Hall–Kier alpha value is -2.86. The quantitative estimate of drug-likeness (QED) is 0.338. The predicted octanol–water partition coefficient (Wildman–Crippen LogP) is 7.45. The van der Waals surface area contributed by atoms with Gasteiger partial charge in [0.05, 0.1) is 0 Å². The highest BCUT2D eigenvalue weighted by molar-refractivity contribution is 5.89. The lowest BCUT2D eigenvalue weighted by Gasteiger charge is -2.22. The molecular formula is C26H24. The van der Waals surface area contributed by atoms with Crippen LogP contribution in [0.2, 0.25) is 0 Å². The first-order chi connectivity index (χ1) is 12.1. The Labute approximate surface area is 156 Å². The Bertz CT molecular complexity index is 1120. The fraction of sp³-hybridized carbons (Fsp3) is 0.154. The van der Waals surface area contributed by atoms with Crippen LogP contribution < -0.4 is 0 Å². The first kappa shape index (κ1) is 16.6. The molecule has 0 fully saturated rings. The molecular weight excluding hydrogens is 312 g/mol. The molecule has 0 aromatic heterocycles. The van der Waals surface area contributed by atoms with E-state index in [1.54, 1.807) is 0 Å². The SMILES string of the molecule is C.CC1(C)c2ccccc2-c2ccc(-c3ccc4ccccc4c3)cc21. The third-order valence-corrected chi connectivity index (χ3v) is 5.67. The molecule has 0 bridgehead atoms. The normalized spacial score (nSPS) is 13.8. The number of benzene rings is 4. The highest BCUT2D eigenvalue weighted by atomic mass is 14.4. The Balaban J connectivity index is 0.00000168. The van der Waals surface area contributed by atoms with Crippen LogP contribution in [0.4, 0.5) is 0 Å². The first-order valence-electron chi connectivity index (χ1n) is 8.88. The number of hydrogen-bond acceptors (Lipinski definition) is 0. The minimum Gasteiger partial charge on any atom is -0.0776 e. The van der Waals surface area contributed by atoms with Crippen LogP contribution in [0.3, 0.4) is 0 Å². The second kappa shape index (κ2) is 5.85. The lowest BCUT2D eigenvalue weighted by atomic mass is 9.81. The number of hydrogen-bond donors (Lipinski definition) is 0. The molecule has 0 heterocycles. The van der Waals surface area contributed by atoms with Crippen LogP contribution in [-0.4, -0.2) is 0 Å². The molecule has 0 aliphatic heterocycles. The summed E-state index contributed by atoms with van der Waals surface area (Å²) < 4.78 is 0. The third kappa shape index (κ3) is 2.29. The molecule has 5 rings (SSSR count). The van der Waals surface area contributed by atoms with E-state index in [9.17, 15) is 0 Å². The van der Waals surface area contributed by atoms with Crippen molar-refractivity contribution < 1.29 is 0 Å². The third-order valence-electron chi connectivity index (χ3n) is 5.67. The van der Waals surface area contributed by atoms with E-state index in [1.807, 2.05) is 0 Å². The zero-order chi connectivity index (χ0) is 17.0. The van der Waals surface area contributed by atoms with Gasteiger partial charge in [0.2, 0.25) is 0 Å². The molecule has 4 aromatic rings. The zero-order valence-electron chi connectivity index (χ0n) is 14.6. The predicted molar refractivity (Wildman–Crippen MR) is 114 cm³/mol. The van der Waals surface area contributed by atoms with Crippen LogP contribution in [-0.2, 0) is 5.41 Å². The molecule has 1 aliphatic carbocycles. The molecule has 0 saturated heterocycles. The minimum atomic E-state index is 0. The topological polar surface area (TPSA) is 0 Å². The molecule has 0 heteroatoms. The summed E-state index contributed by atoms with van der Waals surface area (Å²) >= 11 is 0. The van der Waals surface area contributed by atoms with Gasteiger partial charge >= 0.3 is 0 Å². The Morgan fingerprint density at radius 3 is 2.00 bits per heavy atom. The lowest BCUT2D eigenvalue weighted by molar-refractivity contribution is 0.660. The van der Waals surface area contributed by atoms with E-state index in [0.717, 1.165) is 0 Å². The monoisotopic (exact) mass is 336 g/mol. The van der Waals surface area contributed by atoms with Crippen LogP contribution in [0.1, 0.15) is 32.4 Å². The van der Waals surface area contributed by atoms with Crippen LogP contribution in [0.25, 0.3) is 33.0 Å². The summed E-state index contributed by atoms with van der Waals surface area (Å²) in [7, 11) is 0. The highest BCUT2D eigenvalue weighted by Crippen LogP contribution is 2.49. The highest BCUT2D eigenvalue weighted by Gasteiger charge is 2.35. The van der Waals surface area contributed by atoms with E-state index >= 15 is 0 Å². The fourth-order valence-electron chi connectivity index (χ4n) is 4.25. The van der Waals surface area contributed by atoms with E-state index in [-0.39, 0.29) is 12.8 Å². The van der Waals surface area contributed by atoms with E-state index in [1.165, 1.54) is 44.2 Å². The number of fused-ring (bicyclic) bond motifs is 4. The molecule has 4 aromatic carbocycles. The zero-order valence-corrected chi connectivity index (χ0v) is 14.6. The van der Waals surface area contributed by atoms with Crippen molar-refractivity contribution in [2.24, 2.45) is 0 Å². The molecule has 0 saturated carbocycles. The maximum absolute atomic E-state index is 2.39. The van der Waals surface area contributed by atoms with Gasteiger partial charge in [-0.25, -0.2) is 0 Å². The van der Waals surface area contributed by atoms with Crippen LogP contribution in [0.15, 0.2) is 84.9 Å². The molecule has 0 amide bonds. The van der Waals surface area contributed by atoms with Crippen molar-refractivity contribution in [1.82, 2.24) is 0 Å². The lowest BCUT2D eigenvalue weighted by Crippen LogP contribution is -2.14. The molecule has 0 spiro atoms. The maximum Gasteiger partial charge on any atom is 0.0159 e. The van der Waals surface area contributed by atoms with Gasteiger partial charge in [-0.2, -0.15) is 0 Å². The molecule has 0 atom stereocenters. The summed E-state index contributed by atoms with van der Waals surface area (Å²) in [4.78, 5) is 0. The van der Waals surface area contributed by atoms with Gasteiger partial charge in [0.1, 0.15) is 0 Å². The van der Waals surface area contributed by atoms with Crippen molar-refractivity contribution in [1.29, 1.82) is 0 Å². The summed E-state index contributed by atoms with van der Waals surface area (Å²) in [6, 6.07) is 31.1. The maximum atomic E-state index is 2.39. The summed E-state index contributed by atoms with van der Waals surface area (Å²) in [5, 5.41) is 2.59. The molecule has 0 radical (unpaired) electrons. The van der Waals surface area contributed by atoms with Crippen molar-refractivity contribution in [2.45, 2.75) is 26.7 Å². The largest absolute Gasteiger partial charge is 0.0776 e. The summed E-state index contributed by atoms with van der Waals surface area (Å²) in [6.45, 7) is 4.67. The first-order valence-corrected chi connectivity index (χ1v) is 8.88. The summed E-state index contributed by atoms with van der Waals surface area (Å²) in [5.41, 5.74) is 8.26. The van der Waals surface area contributed by atoms with Gasteiger partial charge in [-0.05, 0) is 56.3 Å². The second-order valence-electron chi connectivity index (χ2n) is 7.49. The molecule has 0 unspecified atom stereocenters. The Morgan fingerprint density at radius 1 is 0.538 bits per heavy atom. The van der Waals surface area contributed by atoms with Crippen molar-refractivity contribution in [3.8, 4) is 22.3 Å². The van der Waals surface area contributed by atoms with Crippen LogP contribution in [0.5, 0.6) is 0 Å². The molecule has 128 valence electrons. The molecule has 1 aliphatic rings. The van der Waals surface area contributed by atoms with Gasteiger partial charge in [0.15, 0.2) is 0 Å². The van der Waals surface area contributed by atoms with Crippen molar-refractivity contribution >= 4 is 10.8 Å². The van der Waals surface area contributed by atoms with E-state index in [0.29, 0.717) is 0 Å². The smallest absolute Gasteiger partial charge is 0.0159 e.